The number of fused-ring (bicyclic) bond motifs is 6. The van der Waals surface area contributed by atoms with Gasteiger partial charge in [0.2, 0.25) is 0 Å². The number of rotatable bonds is 4. The minimum absolute atomic E-state index is 0.305. The van der Waals surface area contributed by atoms with Gasteiger partial charge in [-0.15, -0.1) is 0 Å². The number of piperazine rings is 1. The van der Waals surface area contributed by atoms with Gasteiger partial charge < -0.3 is 20.3 Å². The average Bonchev–Trinajstić information content (AvgIpc) is 3.33. The third kappa shape index (κ3) is 3.75. The van der Waals surface area contributed by atoms with Crippen molar-refractivity contribution < 1.29 is 4.74 Å². The highest BCUT2D eigenvalue weighted by molar-refractivity contribution is 5.90. The molecule has 0 amide bonds. The quantitative estimate of drug-likeness (QED) is 0.402. The fraction of sp³-hybridized carbons (Fsp3) is 0.269. The lowest BCUT2D eigenvalue weighted by Crippen LogP contribution is -2.51. The first-order valence-electron chi connectivity index (χ1n) is 12.1. The van der Waals surface area contributed by atoms with E-state index >= 15 is 0 Å². The Morgan fingerprint density at radius 3 is 3.03 bits per heavy atom. The molecule has 180 valence electrons. The van der Waals surface area contributed by atoms with E-state index in [2.05, 4.69) is 72.8 Å². The number of nitrogens with one attached hydrogen (secondary N) is 2. The van der Waals surface area contributed by atoms with E-state index in [0.717, 1.165) is 60.0 Å². The smallest absolute Gasteiger partial charge is 0.172 e. The summed E-state index contributed by atoms with van der Waals surface area (Å²) in [4.78, 5) is 20.5. The lowest BCUT2D eigenvalue weighted by molar-refractivity contribution is 0.271. The number of anilines is 3. The van der Waals surface area contributed by atoms with E-state index in [1.54, 1.807) is 17.2 Å². The molecule has 10 nitrogen and oxygen atoms in total. The molecule has 2 aliphatic rings. The molecule has 5 aromatic rings. The van der Waals surface area contributed by atoms with E-state index in [4.69, 9.17) is 9.72 Å². The molecule has 0 saturated carbocycles. The maximum atomic E-state index is 6.07. The number of aryl methyl sites for hydroxylation is 1. The lowest BCUT2D eigenvalue weighted by Gasteiger charge is -2.31. The van der Waals surface area contributed by atoms with E-state index < -0.39 is 0 Å². The van der Waals surface area contributed by atoms with Crippen molar-refractivity contribution >= 4 is 34.0 Å². The zero-order chi connectivity index (χ0) is 24.1. The maximum absolute atomic E-state index is 6.07. The molecule has 0 aliphatic carbocycles. The summed E-state index contributed by atoms with van der Waals surface area (Å²) >= 11 is 0. The van der Waals surface area contributed by atoms with Gasteiger partial charge in [-0.3, -0.25) is 0 Å². The second kappa shape index (κ2) is 8.42. The van der Waals surface area contributed by atoms with Gasteiger partial charge in [0, 0.05) is 37.6 Å². The summed E-state index contributed by atoms with van der Waals surface area (Å²) in [7, 11) is 0. The van der Waals surface area contributed by atoms with Crippen LogP contribution in [-0.4, -0.2) is 61.8 Å². The number of pyridine rings is 2. The van der Waals surface area contributed by atoms with Crippen LogP contribution in [0.5, 0.6) is 5.75 Å². The molecule has 1 atom stereocenters. The van der Waals surface area contributed by atoms with Crippen molar-refractivity contribution in [3.63, 3.8) is 0 Å². The van der Waals surface area contributed by atoms with E-state index in [0.29, 0.717) is 18.5 Å². The van der Waals surface area contributed by atoms with Crippen LogP contribution in [0.15, 0.2) is 55.2 Å². The van der Waals surface area contributed by atoms with Crippen LogP contribution in [-0.2, 0) is 6.42 Å². The molecule has 1 aromatic carbocycles. The highest BCUT2D eigenvalue weighted by Crippen LogP contribution is 2.34. The highest BCUT2D eigenvalue weighted by atomic mass is 16.5. The van der Waals surface area contributed by atoms with Gasteiger partial charge in [0.1, 0.15) is 24.8 Å². The molecule has 10 heteroatoms. The molecule has 2 N–H and O–H groups in total. The minimum Gasteiger partial charge on any atom is -0.488 e. The van der Waals surface area contributed by atoms with Crippen molar-refractivity contribution in [1.29, 1.82) is 0 Å². The molecule has 7 rings (SSSR count). The van der Waals surface area contributed by atoms with Crippen molar-refractivity contribution in [2.45, 2.75) is 19.4 Å². The molecule has 6 heterocycles. The standard InChI is InChI=1S/C26H25N9O/c1-16-8-19(3-2-18(16)9-17-4-6-35-23(10-17)29-15-31-35)32-25-24-21(28-14-30-25)11-22-26(33-24)34-7-5-27-20(12-34)13-36-22/h2-4,6,8,10-11,14-15,20,27H,5,7,9,12-13H2,1H3,(H,28,30,32)/t20-/m0/s1. The summed E-state index contributed by atoms with van der Waals surface area (Å²) in [5.74, 6) is 2.33. The van der Waals surface area contributed by atoms with Crippen molar-refractivity contribution in [2.75, 3.05) is 36.5 Å². The van der Waals surface area contributed by atoms with Gasteiger partial charge in [-0.1, -0.05) is 6.07 Å². The van der Waals surface area contributed by atoms with Gasteiger partial charge in [-0.05, 0) is 54.3 Å². The van der Waals surface area contributed by atoms with Crippen molar-refractivity contribution in [3.05, 3.63) is 71.9 Å². The second-order valence-corrected chi connectivity index (χ2v) is 9.35. The molecular formula is C26H25N9O. The summed E-state index contributed by atoms with van der Waals surface area (Å²) in [5.41, 5.74) is 6.95. The van der Waals surface area contributed by atoms with Crippen LogP contribution in [0.4, 0.5) is 17.3 Å². The summed E-state index contributed by atoms with van der Waals surface area (Å²) in [6.07, 6.45) is 5.91. The Labute approximate surface area is 207 Å². The van der Waals surface area contributed by atoms with E-state index in [1.807, 2.05) is 12.3 Å². The second-order valence-electron chi connectivity index (χ2n) is 9.35. The first-order valence-corrected chi connectivity index (χ1v) is 12.1. The number of hydrogen-bond donors (Lipinski definition) is 2. The zero-order valence-electron chi connectivity index (χ0n) is 19.8. The summed E-state index contributed by atoms with van der Waals surface area (Å²) in [6, 6.07) is 12.8. The molecule has 0 radical (unpaired) electrons. The maximum Gasteiger partial charge on any atom is 0.172 e. The van der Waals surface area contributed by atoms with Crippen molar-refractivity contribution in [3.8, 4) is 5.75 Å². The summed E-state index contributed by atoms with van der Waals surface area (Å²) in [6.45, 7) is 5.46. The van der Waals surface area contributed by atoms with Crippen LogP contribution in [0.25, 0.3) is 16.7 Å². The predicted molar refractivity (Wildman–Crippen MR) is 137 cm³/mol. The highest BCUT2D eigenvalue weighted by Gasteiger charge is 2.28. The third-order valence-electron chi connectivity index (χ3n) is 6.90. The number of hydrogen-bond acceptors (Lipinski definition) is 9. The van der Waals surface area contributed by atoms with Gasteiger partial charge in [0.25, 0.3) is 0 Å². The SMILES string of the molecule is Cc1cc(Nc2ncnc3cc4c(nc23)N2CCN[C@H](CO4)C2)ccc1Cc1ccn2ncnc2c1. The fourth-order valence-electron chi connectivity index (χ4n) is 5.00. The normalized spacial score (nSPS) is 17.0. The lowest BCUT2D eigenvalue weighted by atomic mass is 10.0. The number of benzene rings is 1. The van der Waals surface area contributed by atoms with E-state index in [-0.39, 0.29) is 0 Å². The predicted octanol–water partition coefficient (Wildman–Crippen LogP) is 2.88. The molecule has 36 heavy (non-hydrogen) atoms. The topological polar surface area (TPSA) is 105 Å². The average molecular weight is 480 g/mol. The Bertz CT molecular complexity index is 1600. The van der Waals surface area contributed by atoms with E-state index in [9.17, 15) is 0 Å². The molecule has 2 aliphatic heterocycles. The summed E-state index contributed by atoms with van der Waals surface area (Å²) < 4.78 is 7.84. The molecule has 1 saturated heterocycles. The molecule has 0 unspecified atom stereocenters. The Morgan fingerprint density at radius 1 is 1.11 bits per heavy atom. The minimum atomic E-state index is 0.305. The summed E-state index contributed by atoms with van der Waals surface area (Å²) in [5, 5.41) is 11.1. The number of aromatic nitrogens is 6. The van der Waals surface area contributed by atoms with Gasteiger partial charge in [-0.2, -0.15) is 5.10 Å². The molecule has 1 fully saturated rings. The first kappa shape index (κ1) is 21.0. The van der Waals surface area contributed by atoms with Crippen LogP contribution in [0.1, 0.15) is 16.7 Å². The zero-order valence-corrected chi connectivity index (χ0v) is 19.8. The monoisotopic (exact) mass is 479 g/mol. The van der Waals surface area contributed by atoms with Gasteiger partial charge in [-0.25, -0.2) is 24.5 Å². The third-order valence-corrected chi connectivity index (χ3v) is 6.90. The molecule has 0 spiro atoms. The molecule has 4 aromatic heterocycles. The number of nitrogens with zero attached hydrogens (tertiary/aromatic N) is 7. The van der Waals surface area contributed by atoms with Gasteiger partial charge >= 0.3 is 0 Å². The van der Waals surface area contributed by atoms with Gasteiger partial charge in [0.05, 0.1) is 11.6 Å². The van der Waals surface area contributed by atoms with Crippen LogP contribution in [0.2, 0.25) is 0 Å². The first-order chi connectivity index (χ1) is 17.7. The van der Waals surface area contributed by atoms with Crippen molar-refractivity contribution in [1.82, 2.24) is 34.9 Å². The van der Waals surface area contributed by atoms with Crippen LogP contribution in [0, 0.1) is 6.92 Å². The Balaban J connectivity index is 1.18. The van der Waals surface area contributed by atoms with Crippen LogP contribution < -0.4 is 20.3 Å². The number of ether oxygens (including phenoxy) is 1. The Hall–Kier alpha value is -4.31. The molecular weight excluding hydrogens is 454 g/mol. The largest absolute Gasteiger partial charge is 0.488 e. The fourth-order valence-corrected chi connectivity index (χ4v) is 5.00. The van der Waals surface area contributed by atoms with E-state index in [1.165, 1.54) is 16.7 Å². The van der Waals surface area contributed by atoms with Crippen LogP contribution in [0.3, 0.4) is 0 Å². The molecule has 2 bridgehead atoms. The Kier molecular flexibility index (Phi) is 4.91. The van der Waals surface area contributed by atoms with Crippen LogP contribution >= 0.6 is 0 Å². The van der Waals surface area contributed by atoms with Crippen molar-refractivity contribution in [2.24, 2.45) is 0 Å². The van der Waals surface area contributed by atoms with Gasteiger partial charge in [0.15, 0.2) is 23.0 Å². The Morgan fingerprint density at radius 2 is 2.08 bits per heavy atom.